The van der Waals surface area contributed by atoms with Gasteiger partial charge >= 0.3 is 0 Å². The standard InChI is InChI=1S/C18H26N4O4S/c1-13-6-19-7-14(20-13)8-22-9-16(18(12-22)2-4-26-5-3-18)17(23)21-15-10-27(24,25)11-15/h6-7,15-16H,2-5,8-12H2,1H3,(H,21,23)/t16-/m1/s1. The molecule has 1 aromatic heterocycles. The summed E-state index contributed by atoms with van der Waals surface area (Å²) in [7, 11) is -2.95. The molecule has 27 heavy (non-hydrogen) atoms. The third-order valence-electron chi connectivity index (χ3n) is 5.97. The molecule has 3 saturated heterocycles. The molecule has 0 aromatic carbocycles. The third kappa shape index (κ3) is 4.00. The van der Waals surface area contributed by atoms with Crippen molar-refractivity contribution in [3.63, 3.8) is 0 Å². The fourth-order valence-electron chi connectivity index (χ4n) is 4.61. The number of aryl methyl sites for hydroxylation is 1. The highest BCUT2D eigenvalue weighted by Crippen LogP contribution is 2.44. The number of likely N-dealkylation sites (tertiary alicyclic amines) is 1. The lowest BCUT2D eigenvalue weighted by Crippen LogP contribution is -2.56. The van der Waals surface area contributed by atoms with Gasteiger partial charge < -0.3 is 10.1 Å². The maximum atomic E-state index is 13.0. The predicted molar refractivity (Wildman–Crippen MR) is 98.6 cm³/mol. The smallest absolute Gasteiger partial charge is 0.225 e. The molecule has 9 heteroatoms. The molecular weight excluding hydrogens is 368 g/mol. The molecule has 0 aliphatic carbocycles. The van der Waals surface area contributed by atoms with E-state index in [1.807, 2.05) is 6.92 Å². The Kier molecular flexibility index (Phi) is 4.94. The number of hydrogen-bond donors (Lipinski definition) is 1. The summed E-state index contributed by atoms with van der Waals surface area (Å²) >= 11 is 0. The molecule has 1 amide bonds. The van der Waals surface area contributed by atoms with Crippen molar-refractivity contribution in [3.8, 4) is 0 Å². The average Bonchev–Trinajstić information content (AvgIpc) is 2.91. The summed E-state index contributed by atoms with van der Waals surface area (Å²) in [5.74, 6) is -0.0500. The largest absolute Gasteiger partial charge is 0.381 e. The van der Waals surface area contributed by atoms with Gasteiger partial charge in [-0.1, -0.05) is 0 Å². The van der Waals surface area contributed by atoms with Gasteiger partial charge in [-0.3, -0.25) is 19.7 Å². The second kappa shape index (κ2) is 7.10. The summed E-state index contributed by atoms with van der Waals surface area (Å²) in [6, 6.07) is -0.240. The number of ether oxygens (including phenoxy) is 1. The molecular formula is C18H26N4O4S. The van der Waals surface area contributed by atoms with Crippen molar-refractivity contribution in [1.29, 1.82) is 0 Å². The molecule has 4 heterocycles. The fourth-order valence-corrected chi connectivity index (χ4v) is 5.90. The van der Waals surface area contributed by atoms with Crippen LogP contribution in [0.3, 0.4) is 0 Å². The van der Waals surface area contributed by atoms with Crippen LogP contribution in [-0.4, -0.2) is 73.0 Å². The molecule has 1 aromatic rings. The minimum Gasteiger partial charge on any atom is -0.381 e. The number of carbonyl (C=O) groups excluding carboxylic acids is 1. The molecule has 3 aliphatic rings. The SMILES string of the molecule is Cc1cncc(CN2C[C@H](C(=O)NC3CS(=O)(=O)C3)C3(CCOCC3)C2)n1. The van der Waals surface area contributed by atoms with Gasteiger partial charge in [-0.25, -0.2) is 8.42 Å². The van der Waals surface area contributed by atoms with E-state index >= 15 is 0 Å². The minimum atomic E-state index is -2.95. The van der Waals surface area contributed by atoms with Crippen LogP contribution in [0.15, 0.2) is 12.4 Å². The van der Waals surface area contributed by atoms with Gasteiger partial charge in [0.15, 0.2) is 9.84 Å². The highest BCUT2D eigenvalue weighted by atomic mass is 32.2. The Bertz CT molecular complexity index is 810. The molecule has 1 spiro atoms. The zero-order chi connectivity index (χ0) is 19.1. The Morgan fingerprint density at radius 3 is 2.74 bits per heavy atom. The van der Waals surface area contributed by atoms with Gasteiger partial charge in [0, 0.05) is 50.7 Å². The van der Waals surface area contributed by atoms with Gasteiger partial charge in [0.25, 0.3) is 0 Å². The van der Waals surface area contributed by atoms with Crippen molar-refractivity contribution >= 4 is 15.7 Å². The first-order valence-corrected chi connectivity index (χ1v) is 11.3. The molecule has 8 nitrogen and oxygen atoms in total. The van der Waals surface area contributed by atoms with E-state index in [0.717, 1.165) is 30.8 Å². The molecule has 0 saturated carbocycles. The van der Waals surface area contributed by atoms with Crippen LogP contribution < -0.4 is 5.32 Å². The maximum Gasteiger partial charge on any atom is 0.225 e. The van der Waals surface area contributed by atoms with Crippen LogP contribution in [0.5, 0.6) is 0 Å². The first-order chi connectivity index (χ1) is 12.9. The summed E-state index contributed by atoms with van der Waals surface area (Å²) in [6.45, 7) is 5.40. The average molecular weight is 394 g/mol. The van der Waals surface area contributed by atoms with E-state index in [0.29, 0.717) is 26.3 Å². The molecule has 3 fully saturated rings. The number of carbonyl (C=O) groups is 1. The Labute approximate surface area is 159 Å². The first kappa shape index (κ1) is 18.8. The fraction of sp³-hybridized carbons (Fsp3) is 0.722. The summed E-state index contributed by atoms with van der Waals surface area (Å²) in [6.07, 6.45) is 5.21. The summed E-state index contributed by atoms with van der Waals surface area (Å²) in [5, 5.41) is 2.97. The third-order valence-corrected chi connectivity index (χ3v) is 7.79. The normalized spacial score (nSPS) is 27.4. The van der Waals surface area contributed by atoms with E-state index < -0.39 is 9.84 Å². The van der Waals surface area contributed by atoms with Gasteiger partial charge in [0.1, 0.15) is 0 Å². The molecule has 4 rings (SSSR count). The maximum absolute atomic E-state index is 13.0. The van der Waals surface area contributed by atoms with Crippen LogP contribution >= 0.6 is 0 Å². The summed E-state index contributed by atoms with van der Waals surface area (Å²) in [4.78, 5) is 24.0. The van der Waals surface area contributed by atoms with E-state index in [1.54, 1.807) is 12.4 Å². The van der Waals surface area contributed by atoms with Crippen molar-refractivity contribution in [2.45, 2.75) is 32.4 Å². The van der Waals surface area contributed by atoms with Gasteiger partial charge in [-0.15, -0.1) is 0 Å². The number of hydrogen-bond acceptors (Lipinski definition) is 7. The van der Waals surface area contributed by atoms with Gasteiger partial charge in [0.05, 0.1) is 34.9 Å². The zero-order valence-corrected chi connectivity index (χ0v) is 16.4. The molecule has 3 aliphatic heterocycles. The molecule has 0 bridgehead atoms. The van der Waals surface area contributed by atoms with Gasteiger partial charge in [0.2, 0.25) is 5.91 Å². The molecule has 1 atom stereocenters. The Morgan fingerprint density at radius 2 is 2.07 bits per heavy atom. The number of aromatic nitrogens is 2. The molecule has 0 unspecified atom stereocenters. The molecule has 148 valence electrons. The van der Waals surface area contributed by atoms with Crippen molar-refractivity contribution in [2.75, 3.05) is 37.8 Å². The molecule has 1 N–H and O–H groups in total. The van der Waals surface area contributed by atoms with Crippen molar-refractivity contribution in [2.24, 2.45) is 11.3 Å². The monoisotopic (exact) mass is 394 g/mol. The van der Waals surface area contributed by atoms with Crippen molar-refractivity contribution in [3.05, 3.63) is 23.8 Å². The van der Waals surface area contributed by atoms with Gasteiger partial charge in [-0.05, 0) is 19.8 Å². The zero-order valence-electron chi connectivity index (χ0n) is 15.6. The summed E-state index contributed by atoms with van der Waals surface area (Å²) < 4.78 is 28.3. The van der Waals surface area contributed by atoms with Crippen LogP contribution in [0.4, 0.5) is 0 Å². The number of rotatable bonds is 4. The Hall–Kier alpha value is -1.58. The highest BCUT2D eigenvalue weighted by molar-refractivity contribution is 7.92. The lowest BCUT2D eigenvalue weighted by atomic mass is 9.71. The summed E-state index contributed by atoms with van der Waals surface area (Å²) in [5.41, 5.74) is 1.68. The van der Waals surface area contributed by atoms with E-state index in [1.165, 1.54) is 0 Å². The van der Waals surface area contributed by atoms with E-state index in [4.69, 9.17) is 4.74 Å². The van der Waals surface area contributed by atoms with E-state index in [9.17, 15) is 13.2 Å². The highest BCUT2D eigenvalue weighted by Gasteiger charge is 2.51. The minimum absolute atomic E-state index is 0.0189. The van der Waals surface area contributed by atoms with Crippen molar-refractivity contribution < 1.29 is 17.9 Å². The van der Waals surface area contributed by atoms with Gasteiger partial charge in [-0.2, -0.15) is 0 Å². The second-order valence-corrected chi connectivity index (χ2v) is 10.3. The lowest BCUT2D eigenvalue weighted by Gasteiger charge is -2.38. The first-order valence-electron chi connectivity index (χ1n) is 9.44. The van der Waals surface area contributed by atoms with E-state index in [-0.39, 0.29) is 34.8 Å². The van der Waals surface area contributed by atoms with Crippen LogP contribution in [0.2, 0.25) is 0 Å². The lowest BCUT2D eigenvalue weighted by molar-refractivity contribution is -0.130. The van der Waals surface area contributed by atoms with Crippen LogP contribution in [0.25, 0.3) is 0 Å². The Balaban J connectivity index is 1.47. The van der Waals surface area contributed by atoms with Crippen LogP contribution in [-0.2, 0) is 25.9 Å². The topological polar surface area (TPSA) is 101 Å². The number of nitrogens with one attached hydrogen (secondary N) is 1. The number of nitrogens with zero attached hydrogens (tertiary/aromatic N) is 3. The number of amides is 1. The predicted octanol–water partition coefficient (Wildman–Crippen LogP) is -0.0732. The Morgan fingerprint density at radius 1 is 1.33 bits per heavy atom. The quantitative estimate of drug-likeness (QED) is 0.762. The van der Waals surface area contributed by atoms with Crippen LogP contribution in [0, 0.1) is 18.3 Å². The van der Waals surface area contributed by atoms with Crippen LogP contribution in [0.1, 0.15) is 24.2 Å². The van der Waals surface area contributed by atoms with E-state index in [2.05, 4.69) is 20.2 Å². The molecule has 0 radical (unpaired) electrons. The number of sulfone groups is 1. The second-order valence-electron chi connectivity index (χ2n) is 8.13. The van der Waals surface area contributed by atoms with Crippen molar-refractivity contribution in [1.82, 2.24) is 20.2 Å².